The summed E-state index contributed by atoms with van der Waals surface area (Å²) < 4.78 is 25.5. The number of halogens is 2. The summed E-state index contributed by atoms with van der Waals surface area (Å²) in [5, 5.41) is 0. The number of ketones is 1. The summed E-state index contributed by atoms with van der Waals surface area (Å²) in [7, 11) is 0. The highest BCUT2D eigenvalue weighted by Crippen LogP contribution is 2.11. The Hall–Kier alpha value is -1.29. The molecule has 1 aromatic rings. The number of rotatable bonds is 7. The molecule has 0 saturated heterocycles. The Morgan fingerprint density at radius 2 is 1.88 bits per heavy atom. The molecule has 0 heterocycles. The number of hydrogen-bond donors (Lipinski definition) is 1. The molecule has 1 aromatic carbocycles. The van der Waals surface area contributed by atoms with E-state index in [0.29, 0.717) is 18.5 Å². The van der Waals surface area contributed by atoms with Crippen molar-refractivity contribution in [2.75, 3.05) is 6.54 Å². The molecule has 0 aliphatic rings. The van der Waals surface area contributed by atoms with Crippen LogP contribution in [0.3, 0.4) is 0 Å². The number of Topliss-reactive ketones (excluding diaryl/α,β-unsaturated/α-hetero) is 1. The number of carbonyl (C=O) groups is 1. The third-order valence-corrected chi connectivity index (χ3v) is 2.55. The van der Waals surface area contributed by atoms with Crippen LogP contribution < -0.4 is 5.73 Å². The van der Waals surface area contributed by atoms with Gasteiger partial charge < -0.3 is 5.73 Å². The Bertz CT molecular complexity index is 380. The average Bonchev–Trinajstić information content (AvgIpc) is 2.30. The van der Waals surface area contributed by atoms with Crippen LogP contribution in [0.1, 0.15) is 31.2 Å². The van der Waals surface area contributed by atoms with E-state index in [1.54, 1.807) is 0 Å². The monoisotopic (exact) mass is 241 g/mol. The van der Waals surface area contributed by atoms with Gasteiger partial charge in [0.1, 0.15) is 5.78 Å². The smallest absolute Gasteiger partial charge is 0.159 e. The van der Waals surface area contributed by atoms with E-state index < -0.39 is 11.6 Å². The second-order valence-corrected chi connectivity index (χ2v) is 4.06. The lowest BCUT2D eigenvalue weighted by atomic mass is 10.0. The normalized spacial score (nSPS) is 10.5. The van der Waals surface area contributed by atoms with Gasteiger partial charge in [0.25, 0.3) is 0 Å². The number of unbranched alkanes of at least 4 members (excludes halogenated alkanes) is 2. The zero-order valence-electron chi connectivity index (χ0n) is 9.72. The summed E-state index contributed by atoms with van der Waals surface area (Å²) in [6.45, 7) is 0.636. The topological polar surface area (TPSA) is 43.1 Å². The van der Waals surface area contributed by atoms with E-state index >= 15 is 0 Å². The fourth-order valence-corrected chi connectivity index (χ4v) is 1.61. The number of nitrogens with two attached hydrogens (primary N) is 1. The van der Waals surface area contributed by atoms with E-state index in [2.05, 4.69) is 0 Å². The van der Waals surface area contributed by atoms with Crippen LogP contribution in [0, 0.1) is 11.6 Å². The van der Waals surface area contributed by atoms with E-state index in [4.69, 9.17) is 5.73 Å². The Morgan fingerprint density at radius 1 is 1.12 bits per heavy atom. The third kappa shape index (κ3) is 5.04. The molecule has 1 rings (SSSR count). The van der Waals surface area contributed by atoms with E-state index in [9.17, 15) is 13.6 Å². The van der Waals surface area contributed by atoms with E-state index in [-0.39, 0.29) is 12.2 Å². The van der Waals surface area contributed by atoms with Gasteiger partial charge in [-0.1, -0.05) is 12.5 Å². The number of carbonyl (C=O) groups excluding carboxylic acids is 1. The van der Waals surface area contributed by atoms with Crippen molar-refractivity contribution in [1.82, 2.24) is 0 Å². The van der Waals surface area contributed by atoms with Crippen LogP contribution in [0.25, 0.3) is 0 Å². The molecule has 0 amide bonds. The highest BCUT2D eigenvalue weighted by Gasteiger charge is 2.07. The van der Waals surface area contributed by atoms with Crippen LogP contribution in [0.2, 0.25) is 0 Å². The van der Waals surface area contributed by atoms with Crippen LogP contribution in [0.4, 0.5) is 8.78 Å². The lowest BCUT2D eigenvalue weighted by Gasteiger charge is -2.02. The first-order chi connectivity index (χ1) is 8.13. The minimum absolute atomic E-state index is 0.0491. The van der Waals surface area contributed by atoms with Crippen LogP contribution >= 0.6 is 0 Å². The second-order valence-electron chi connectivity index (χ2n) is 4.06. The SMILES string of the molecule is NCCCCCC(=O)Cc1ccc(F)c(F)c1. The molecule has 0 bridgehead atoms. The first-order valence-electron chi connectivity index (χ1n) is 5.79. The molecule has 0 fully saturated rings. The Labute approximate surface area is 99.8 Å². The van der Waals surface area contributed by atoms with Crippen LogP contribution in [0.15, 0.2) is 18.2 Å². The fraction of sp³-hybridized carbons (Fsp3) is 0.462. The summed E-state index contributed by atoms with van der Waals surface area (Å²) in [4.78, 5) is 11.5. The lowest BCUT2D eigenvalue weighted by molar-refractivity contribution is -0.118. The van der Waals surface area contributed by atoms with Crippen LogP contribution in [-0.2, 0) is 11.2 Å². The van der Waals surface area contributed by atoms with Gasteiger partial charge in [0.15, 0.2) is 11.6 Å². The largest absolute Gasteiger partial charge is 0.330 e. The lowest BCUT2D eigenvalue weighted by Crippen LogP contribution is -2.04. The van der Waals surface area contributed by atoms with E-state index in [1.807, 2.05) is 0 Å². The van der Waals surface area contributed by atoms with Gasteiger partial charge in [-0.05, 0) is 37.1 Å². The van der Waals surface area contributed by atoms with Crippen molar-refractivity contribution in [3.8, 4) is 0 Å². The van der Waals surface area contributed by atoms with Gasteiger partial charge in [0.05, 0.1) is 0 Å². The quantitative estimate of drug-likeness (QED) is 0.746. The van der Waals surface area contributed by atoms with E-state index in [0.717, 1.165) is 31.4 Å². The molecule has 17 heavy (non-hydrogen) atoms. The van der Waals surface area contributed by atoms with Crippen molar-refractivity contribution in [2.45, 2.75) is 32.1 Å². The molecule has 0 aromatic heterocycles. The molecular weight excluding hydrogens is 224 g/mol. The molecule has 2 nitrogen and oxygen atoms in total. The molecule has 0 aliphatic heterocycles. The maximum absolute atomic E-state index is 12.9. The molecule has 0 saturated carbocycles. The Morgan fingerprint density at radius 3 is 2.53 bits per heavy atom. The molecule has 0 spiro atoms. The number of hydrogen-bond acceptors (Lipinski definition) is 2. The molecule has 0 aliphatic carbocycles. The van der Waals surface area contributed by atoms with Crippen molar-refractivity contribution in [2.24, 2.45) is 5.73 Å². The molecular formula is C13H17F2NO. The zero-order chi connectivity index (χ0) is 12.7. The number of benzene rings is 1. The van der Waals surface area contributed by atoms with Crippen LogP contribution in [0.5, 0.6) is 0 Å². The van der Waals surface area contributed by atoms with Crippen molar-refractivity contribution in [3.05, 3.63) is 35.4 Å². The minimum atomic E-state index is -0.904. The summed E-state index contributed by atoms with van der Waals surface area (Å²) in [6, 6.07) is 3.57. The first kappa shape index (κ1) is 13.8. The van der Waals surface area contributed by atoms with Gasteiger partial charge in [-0.25, -0.2) is 8.78 Å². The van der Waals surface area contributed by atoms with Gasteiger partial charge in [-0.3, -0.25) is 4.79 Å². The Kier molecular flexibility index (Phi) is 5.77. The van der Waals surface area contributed by atoms with Crippen molar-refractivity contribution < 1.29 is 13.6 Å². The first-order valence-corrected chi connectivity index (χ1v) is 5.79. The third-order valence-electron chi connectivity index (χ3n) is 2.55. The van der Waals surface area contributed by atoms with E-state index in [1.165, 1.54) is 6.07 Å². The van der Waals surface area contributed by atoms with Gasteiger partial charge in [0.2, 0.25) is 0 Å². The summed E-state index contributed by atoms with van der Waals surface area (Å²) in [6.07, 6.45) is 3.29. The van der Waals surface area contributed by atoms with Gasteiger partial charge in [0, 0.05) is 12.8 Å². The minimum Gasteiger partial charge on any atom is -0.330 e. The maximum atomic E-state index is 12.9. The molecule has 4 heteroatoms. The molecule has 0 radical (unpaired) electrons. The van der Waals surface area contributed by atoms with Gasteiger partial charge in [-0.2, -0.15) is 0 Å². The highest BCUT2D eigenvalue weighted by atomic mass is 19.2. The standard InChI is InChI=1S/C13H17F2NO/c14-12-6-5-10(9-13(12)15)8-11(17)4-2-1-3-7-16/h5-6,9H,1-4,7-8,16H2. The van der Waals surface area contributed by atoms with Crippen molar-refractivity contribution >= 4 is 5.78 Å². The molecule has 94 valence electrons. The molecule has 0 atom stereocenters. The average molecular weight is 241 g/mol. The molecule has 2 N–H and O–H groups in total. The second kappa shape index (κ2) is 7.12. The molecule has 0 unspecified atom stereocenters. The fourth-order valence-electron chi connectivity index (χ4n) is 1.61. The zero-order valence-corrected chi connectivity index (χ0v) is 9.72. The summed E-state index contributed by atoms with van der Waals surface area (Å²) in [5.41, 5.74) is 5.86. The van der Waals surface area contributed by atoms with Crippen molar-refractivity contribution in [1.29, 1.82) is 0 Å². The predicted molar refractivity (Wildman–Crippen MR) is 62.6 cm³/mol. The highest BCUT2D eigenvalue weighted by molar-refractivity contribution is 5.80. The maximum Gasteiger partial charge on any atom is 0.159 e. The van der Waals surface area contributed by atoms with Crippen LogP contribution in [-0.4, -0.2) is 12.3 Å². The van der Waals surface area contributed by atoms with Gasteiger partial charge in [-0.15, -0.1) is 0 Å². The van der Waals surface area contributed by atoms with Gasteiger partial charge >= 0.3 is 0 Å². The Balaban J connectivity index is 2.37. The predicted octanol–water partition coefficient (Wildman–Crippen LogP) is 2.60. The summed E-state index contributed by atoms with van der Waals surface area (Å²) >= 11 is 0. The summed E-state index contributed by atoms with van der Waals surface area (Å²) in [5.74, 6) is -1.74. The van der Waals surface area contributed by atoms with Crippen molar-refractivity contribution in [3.63, 3.8) is 0 Å².